The summed E-state index contributed by atoms with van der Waals surface area (Å²) >= 11 is 1.48. The molecule has 0 radical (unpaired) electrons. The van der Waals surface area contributed by atoms with E-state index in [1.54, 1.807) is 0 Å². The largest absolute Gasteiger partial charge is 0.327 e. The van der Waals surface area contributed by atoms with Gasteiger partial charge in [0.25, 0.3) is 5.91 Å². The second-order valence-electron chi connectivity index (χ2n) is 2.98. The number of hydrogen-bond acceptors (Lipinski definition) is 2. The maximum Gasteiger partial charge on any atom is 0.275 e. The van der Waals surface area contributed by atoms with Crippen molar-refractivity contribution in [2.45, 2.75) is 12.8 Å². The van der Waals surface area contributed by atoms with Crippen LogP contribution in [0.1, 0.15) is 12.8 Å². The molecule has 4 heteroatoms. The molecule has 3 nitrogen and oxygen atoms in total. The second-order valence-corrected chi connectivity index (χ2v) is 3.85. The Kier molecular flexibility index (Phi) is 2.14. The minimum atomic E-state index is -0.0794. The first kappa shape index (κ1) is 8.44. The molecule has 0 atom stereocenters. The van der Waals surface area contributed by atoms with Gasteiger partial charge >= 0.3 is 0 Å². The Balaban J connectivity index is 2.30. The van der Waals surface area contributed by atoms with Gasteiger partial charge in [0.2, 0.25) is 0 Å². The summed E-state index contributed by atoms with van der Waals surface area (Å²) in [6.07, 6.45) is 5.75. The number of allylic oxidation sites excluding steroid dienone is 1. The highest BCUT2D eigenvalue weighted by Crippen LogP contribution is 2.18. The second kappa shape index (κ2) is 3.30. The summed E-state index contributed by atoms with van der Waals surface area (Å²) in [5, 5.41) is 1.92. The van der Waals surface area contributed by atoms with E-state index in [0.29, 0.717) is 0 Å². The molecule has 13 heavy (non-hydrogen) atoms. The van der Waals surface area contributed by atoms with Gasteiger partial charge in [0, 0.05) is 24.2 Å². The van der Waals surface area contributed by atoms with Crippen molar-refractivity contribution in [1.82, 2.24) is 4.57 Å². The van der Waals surface area contributed by atoms with Crippen molar-refractivity contribution in [3.05, 3.63) is 28.0 Å². The zero-order valence-corrected chi connectivity index (χ0v) is 8.17. The Labute approximate surface area is 80.1 Å². The van der Waals surface area contributed by atoms with Gasteiger partial charge in [-0.1, -0.05) is 6.08 Å². The van der Waals surface area contributed by atoms with Crippen LogP contribution in [0.15, 0.2) is 28.2 Å². The van der Waals surface area contributed by atoms with Gasteiger partial charge < -0.3 is 4.57 Å². The molecule has 0 saturated carbocycles. The van der Waals surface area contributed by atoms with E-state index in [0.717, 1.165) is 23.2 Å². The lowest BCUT2D eigenvalue weighted by molar-refractivity contribution is -0.115. The van der Waals surface area contributed by atoms with Crippen molar-refractivity contribution in [2.75, 3.05) is 0 Å². The van der Waals surface area contributed by atoms with Crippen LogP contribution < -0.4 is 4.80 Å². The van der Waals surface area contributed by atoms with Crippen molar-refractivity contribution in [3.8, 4) is 0 Å². The number of aromatic nitrogens is 1. The van der Waals surface area contributed by atoms with E-state index in [1.165, 1.54) is 11.3 Å². The number of amides is 1. The zero-order chi connectivity index (χ0) is 9.26. The molecule has 1 aliphatic rings. The SMILES string of the molecule is Cn1ccsc1=NC(=O)C1=CCC1. The van der Waals surface area contributed by atoms with Crippen LogP contribution in [0.4, 0.5) is 0 Å². The van der Waals surface area contributed by atoms with Crippen LogP contribution >= 0.6 is 11.3 Å². The van der Waals surface area contributed by atoms with E-state index >= 15 is 0 Å². The van der Waals surface area contributed by atoms with Crippen molar-refractivity contribution in [1.29, 1.82) is 0 Å². The smallest absolute Gasteiger partial charge is 0.275 e. The molecule has 0 saturated heterocycles. The Morgan fingerprint density at radius 3 is 2.92 bits per heavy atom. The average Bonchev–Trinajstić information content (AvgIpc) is 2.32. The molecule has 1 amide bonds. The third-order valence-corrected chi connectivity index (χ3v) is 2.88. The fourth-order valence-electron chi connectivity index (χ4n) is 1.08. The summed E-state index contributed by atoms with van der Waals surface area (Å²) in [6.45, 7) is 0. The standard InChI is InChI=1S/C9H10N2OS/c1-11-5-6-13-9(11)10-8(12)7-3-2-4-7/h3,5-6H,2,4H2,1H3. The van der Waals surface area contributed by atoms with E-state index in [4.69, 9.17) is 0 Å². The van der Waals surface area contributed by atoms with Crippen LogP contribution in [-0.4, -0.2) is 10.5 Å². The van der Waals surface area contributed by atoms with Crippen LogP contribution in [0.5, 0.6) is 0 Å². The minimum Gasteiger partial charge on any atom is -0.327 e. The fraction of sp³-hybridized carbons (Fsp3) is 0.333. The molecule has 0 aromatic carbocycles. The molecular formula is C9H10N2OS. The highest BCUT2D eigenvalue weighted by atomic mass is 32.1. The lowest BCUT2D eigenvalue weighted by atomic mass is 9.99. The summed E-state index contributed by atoms with van der Waals surface area (Å²) in [4.78, 5) is 16.2. The van der Waals surface area contributed by atoms with E-state index in [2.05, 4.69) is 4.99 Å². The Hall–Kier alpha value is -1.16. The fourth-order valence-corrected chi connectivity index (χ4v) is 1.80. The lowest BCUT2D eigenvalue weighted by Gasteiger charge is -2.08. The predicted molar refractivity (Wildman–Crippen MR) is 51.2 cm³/mol. The summed E-state index contributed by atoms with van der Waals surface area (Å²) in [5.74, 6) is -0.0794. The van der Waals surface area contributed by atoms with Crippen LogP contribution in [0.2, 0.25) is 0 Å². The number of thiazole rings is 1. The third-order valence-electron chi connectivity index (χ3n) is 2.04. The van der Waals surface area contributed by atoms with Gasteiger partial charge in [-0.2, -0.15) is 4.99 Å². The molecule has 1 heterocycles. The maximum absolute atomic E-state index is 11.4. The number of hydrogen-bond donors (Lipinski definition) is 0. The lowest BCUT2D eigenvalue weighted by Crippen LogP contribution is -2.15. The van der Waals surface area contributed by atoms with Crippen molar-refractivity contribution in [3.63, 3.8) is 0 Å². The molecule has 0 N–H and O–H groups in total. The Bertz CT molecular complexity index is 425. The molecule has 1 aromatic rings. The van der Waals surface area contributed by atoms with Gasteiger partial charge in [0.05, 0.1) is 0 Å². The van der Waals surface area contributed by atoms with Crippen molar-refractivity contribution < 1.29 is 4.79 Å². The Morgan fingerprint density at radius 1 is 1.69 bits per heavy atom. The number of rotatable bonds is 1. The molecular weight excluding hydrogens is 184 g/mol. The number of aryl methyl sites for hydroxylation is 1. The van der Waals surface area contributed by atoms with E-state index in [-0.39, 0.29) is 5.91 Å². The number of nitrogens with zero attached hydrogens (tertiary/aromatic N) is 2. The monoisotopic (exact) mass is 194 g/mol. The first-order chi connectivity index (χ1) is 6.27. The maximum atomic E-state index is 11.4. The normalized spacial score (nSPS) is 16.7. The van der Waals surface area contributed by atoms with Crippen molar-refractivity contribution >= 4 is 17.2 Å². The summed E-state index contributed by atoms with van der Waals surface area (Å²) in [5.41, 5.74) is 0.855. The Morgan fingerprint density at radius 2 is 2.46 bits per heavy atom. The van der Waals surface area contributed by atoms with Crippen LogP contribution in [0.3, 0.4) is 0 Å². The molecule has 1 aromatic heterocycles. The van der Waals surface area contributed by atoms with E-state index < -0.39 is 0 Å². The average molecular weight is 194 g/mol. The van der Waals surface area contributed by atoms with Gasteiger partial charge in [-0.3, -0.25) is 4.79 Å². The molecule has 0 unspecified atom stereocenters. The molecule has 0 aliphatic heterocycles. The number of carbonyl (C=O) groups is 1. The first-order valence-corrected chi connectivity index (χ1v) is 5.03. The van der Waals surface area contributed by atoms with Gasteiger partial charge in [-0.15, -0.1) is 11.3 Å². The molecule has 68 valence electrons. The van der Waals surface area contributed by atoms with Crippen molar-refractivity contribution in [2.24, 2.45) is 12.0 Å². The molecule has 0 spiro atoms. The first-order valence-electron chi connectivity index (χ1n) is 4.15. The summed E-state index contributed by atoms with van der Waals surface area (Å²) < 4.78 is 1.85. The van der Waals surface area contributed by atoms with Gasteiger partial charge in [-0.05, 0) is 12.8 Å². The topological polar surface area (TPSA) is 34.4 Å². The number of carbonyl (C=O) groups excluding carboxylic acids is 1. The quantitative estimate of drug-likeness (QED) is 0.662. The minimum absolute atomic E-state index is 0.0794. The van der Waals surface area contributed by atoms with Crippen LogP contribution in [-0.2, 0) is 11.8 Å². The molecule has 0 fully saturated rings. The summed E-state index contributed by atoms with van der Waals surface area (Å²) in [6, 6.07) is 0. The molecule has 2 rings (SSSR count). The third kappa shape index (κ3) is 1.62. The molecule has 1 aliphatic carbocycles. The highest BCUT2D eigenvalue weighted by molar-refractivity contribution is 7.07. The molecule has 0 bridgehead atoms. The van der Waals surface area contributed by atoms with Crippen LogP contribution in [0.25, 0.3) is 0 Å². The highest BCUT2D eigenvalue weighted by Gasteiger charge is 2.13. The van der Waals surface area contributed by atoms with E-state index in [1.807, 2.05) is 29.3 Å². The zero-order valence-electron chi connectivity index (χ0n) is 7.36. The van der Waals surface area contributed by atoms with Gasteiger partial charge in [0.15, 0.2) is 4.80 Å². The summed E-state index contributed by atoms with van der Waals surface area (Å²) in [7, 11) is 1.89. The van der Waals surface area contributed by atoms with E-state index in [9.17, 15) is 4.79 Å². The van der Waals surface area contributed by atoms with Crippen LogP contribution in [0, 0.1) is 0 Å². The predicted octanol–water partition coefficient (Wildman–Crippen LogP) is 1.23. The van der Waals surface area contributed by atoms with Gasteiger partial charge in [0.1, 0.15) is 0 Å². The van der Waals surface area contributed by atoms with Gasteiger partial charge in [-0.25, -0.2) is 0 Å².